The summed E-state index contributed by atoms with van der Waals surface area (Å²) >= 11 is 0. The van der Waals surface area contributed by atoms with E-state index < -0.39 is 0 Å². The Labute approximate surface area is 111 Å². The summed E-state index contributed by atoms with van der Waals surface area (Å²) < 4.78 is 7.39. The Bertz CT molecular complexity index is 576. The third kappa shape index (κ3) is 2.38. The highest BCUT2D eigenvalue weighted by atomic mass is 16.5. The van der Waals surface area contributed by atoms with Gasteiger partial charge in [0.2, 0.25) is 0 Å². The van der Waals surface area contributed by atoms with Crippen LogP contribution in [0.5, 0.6) is 0 Å². The van der Waals surface area contributed by atoms with Gasteiger partial charge in [0.15, 0.2) is 0 Å². The van der Waals surface area contributed by atoms with E-state index in [-0.39, 0.29) is 6.04 Å². The first kappa shape index (κ1) is 12.0. The summed E-state index contributed by atoms with van der Waals surface area (Å²) in [7, 11) is 0. The third-order valence-electron chi connectivity index (χ3n) is 3.14. The largest absolute Gasteiger partial charge is 0.496 e. The van der Waals surface area contributed by atoms with Crippen molar-refractivity contribution in [2.75, 3.05) is 6.61 Å². The topological polar surface area (TPSA) is 65.1 Å². The molecule has 0 spiro atoms. The van der Waals surface area contributed by atoms with Gasteiger partial charge in [0.1, 0.15) is 11.8 Å². The van der Waals surface area contributed by atoms with Gasteiger partial charge in [-0.1, -0.05) is 18.2 Å². The molecule has 19 heavy (non-hydrogen) atoms. The van der Waals surface area contributed by atoms with E-state index >= 15 is 0 Å². The van der Waals surface area contributed by atoms with Crippen LogP contribution in [-0.2, 0) is 4.74 Å². The van der Waals surface area contributed by atoms with Crippen molar-refractivity contribution in [3.63, 3.8) is 0 Å². The molecule has 1 aliphatic rings. The summed E-state index contributed by atoms with van der Waals surface area (Å²) in [6, 6.07) is 9.82. The average molecular weight is 256 g/mol. The highest BCUT2D eigenvalue weighted by molar-refractivity contribution is 5.32. The van der Waals surface area contributed by atoms with Crippen molar-refractivity contribution < 1.29 is 4.74 Å². The molecule has 0 amide bonds. The quantitative estimate of drug-likeness (QED) is 0.645. The molecule has 98 valence electrons. The molecule has 5 nitrogen and oxygen atoms in total. The molecule has 2 aromatic rings. The van der Waals surface area contributed by atoms with Crippen LogP contribution in [0, 0.1) is 0 Å². The molecule has 1 unspecified atom stereocenters. The predicted octanol–water partition coefficient (Wildman–Crippen LogP) is 1.68. The molecule has 5 heteroatoms. The zero-order chi connectivity index (χ0) is 13.1. The van der Waals surface area contributed by atoms with Crippen molar-refractivity contribution in [2.45, 2.75) is 12.5 Å². The number of nitrogens with one attached hydrogen (secondary N) is 1. The van der Waals surface area contributed by atoms with Crippen LogP contribution < -0.4 is 11.3 Å². The van der Waals surface area contributed by atoms with Crippen LogP contribution >= 0.6 is 0 Å². The lowest BCUT2D eigenvalue weighted by Crippen LogP contribution is -2.29. The Morgan fingerprint density at radius 2 is 2.16 bits per heavy atom. The van der Waals surface area contributed by atoms with Crippen LogP contribution in [0.4, 0.5) is 0 Å². The van der Waals surface area contributed by atoms with Crippen molar-refractivity contribution in [1.29, 1.82) is 0 Å². The second-order valence-electron chi connectivity index (χ2n) is 4.40. The minimum absolute atomic E-state index is 0.139. The fourth-order valence-corrected chi connectivity index (χ4v) is 2.19. The zero-order valence-corrected chi connectivity index (χ0v) is 10.5. The first-order chi connectivity index (χ1) is 9.38. The number of nitrogens with zero attached hydrogens (tertiary/aromatic N) is 2. The van der Waals surface area contributed by atoms with Gasteiger partial charge in [0.05, 0.1) is 18.5 Å². The van der Waals surface area contributed by atoms with Crippen LogP contribution in [0.25, 0.3) is 5.69 Å². The number of hydrazine groups is 1. The van der Waals surface area contributed by atoms with Gasteiger partial charge in [-0.3, -0.25) is 5.84 Å². The molecular formula is C14H16N4O. The number of hydrogen-bond acceptors (Lipinski definition) is 4. The molecule has 1 aliphatic heterocycles. The second kappa shape index (κ2) is 5.26. The highest BCUT2D eigenvalue weighted by Gasteiger charge is 2.21. The van der Waals surface area contributed by atoms with Gasteiger partial charge in [0, 0.05) is 18.2 Å². The van der Waals surface area contributed by atoms with Crippen LogP contribution in [0.3, 0.4) is 0 Å². The molecule has 0 radical (unpaired) electrons. The Balaban J connectivity index is 1.88. The molecule has 0 aliphatic carbocycles. The van der Waals surface area contributed by atoms with E-state index in [1.807, 2.05) is 41.2 Å². The Kier molecular flexibility index (Phi) is 3.31. The Hall–Kier alpha value is -2.11. The van der Waals surface area contributed by atoms with E-state index in [2.05, 4.69) is 16.6 Å². The summed E-state index contributed by atoms with van der Waals surface area (Å²) in [6.45, 7) is 0.723. The predicted molar refractivity (Wildman–Crippen MR) is 72.3 cm³/mol. The maximum absolute atomic E-state index is 5.62. The third-order valence-corrected chi connectivity index (χ3v) is 3.14. The number of nitrogens with two attached hydrogens (primary N) is 1. The van der Waals surface area contributed by atoms with Crippen LogP contribution in [0.2, 0.25) is 0 Å². The van der Waals surface area contributed by atoms with E-state index in [1.54, 1.807) is 6.20 Å². The zero-order valence-electron chi connectivity index (χ0n) is 10.5. The highest BCUT2D eigenvalue weighted by Crippen LogP contribution is 2.25. The lowest BCUT2D eigenvalue weighted by molar-refractivity contribution is 0.215. The number of para-hydroxylation sites is 1. The maximum atomic E-state index is 5.62. The monoisotopic (exact) mass is 256 g/mol. The molecule has 3 N–H and O–H groups in total. The molecule has 1 atom stereocenters. The molecule has 0 saturated heterocycles. The summed E-state index contributed by atoms with van der Waals surface area (Å²) in [6.07, 6.45) is 6.76. The molecule has 3 rings (SSSR count). The van der Waals surface area contributed by atoms with E-state index in [0.29, 0.717) is 0 Å². The van der Waals surface area contributed by atoms with Gasteiger partial charge in [0.25, 0.3) is 0 Å². The van der Waals surface area contributed by atoms with E-state index in [1.165, 1.54) is 0 Å². The van der Waals surface area contributed by atoms with Crippen LogP contribution in [0.15, 0.2) is 54.6 Å². The SMILES string of the molecule is NNC(C1=CCCO1)c1cnn(-c2ccccc2)c1. The van der Waals surface area contributed by atoms with Gasteiger partial charge >= 0.3 is 0 Å². The van der Waals surface area contributed by atoms with Gasteiger partial charge < -0.3 is 4.74 Å². The normalized spacial score (nSPS) is 15.9. The summed E-state index contributed by atoms with van der Waals surface area (Å²) in [4.78, 5) is 0. The minimum atomic E-state index is -0.139. The summed E-state index contributed by atoms with van der Waals surface area (Å²) in [5, 5.41) is 4.37. The smallest absolute Gasteiger partial charge is 0.115 e. The first-order valence-electron chi connectivity index (χ1n) is 6.27. The van der Waals surface area contributed by atoms with Crippen molar-refractivity contribution in [1.82, 2.24) is 15.2 Å². The van der Waals surface area contributed by atoms with Crippen molar-refractivity contribution in [2.24, 2.45) is 5.84 Å². The maximum Gasteiger partial charge on any atom is 0.115 e. The fourth-order valence-electron chi connectivity index (χ4n) is 2.19. The molecular weight excluding hydrogens is 240 g/mol. The van der Waals surface area contributed by atoms with Gasteiger partial charge in [-0.05, 0) is 18.2 Å². The minimum Gasteiger partial charge on any atom is -0.496 e. The molecule has 0 saturated carbocycles. The van der Waals surface area contributed by atoms with Gasteiger partial charge in [-0.15, -0.1) is 0 Å². The summed E-state index contributed by atoms with van der Waals surface area (Å²) in [5.74, 6) is 6.50. The first-order valence-corrected chi connectivity index (χ1v) is 6.27. The summed E-state index contributed by atoms with van der Waals surface area (Å²) in [5.41, 5.74) is 4.78. The number of ether oxygens (including phenoxy) is 1. The lowest BCUT2D eigenvalue weighted by atomic mass is 10.1. The molecule has 0 fully saturated rings. The van der Waals surface area contributed by atoms with E-state index in [0.717, 1.165) is 30.0 Å². The van der Waals surface area contributed by atoms with Crippen molar-refractivity contribution >= 4 is 0 Å². The Morgan fingerprint density at radius 1 is 1.32 bits per heavy atom. The number of benzene rings is 1. The van der Waals surface area contributed by atoms with Gasteiger partial charge in [-0.25, -0.2) is 10.1 Å². The van der Waals surface area contributed by atoms with Crippen LogP contribution in [-0.4, -0.2) is 16.4 Å². The van der Waals surface area contributed by atoms with Gasteiger partial charge in [-0.2, -0.15) is 5.10 Å². The molecule has 0 bridgehead atoms. The standard InChI is InChI=1S/C14H16N4O/c15-17-14(13-7-4-8-19-13)11-9-16-18(10-11)12-5-2-1-3-6-12/h1-3,5-7,9-10,14,17H,4,8,15H2. The van der Waals surface area contributed by atoms with E-state index in [9.17, 15) is 0 Å². The number of hydrogen-bond donors (Lipinski definition) is 2. The second-order valence-corrected chi connectivity index (χ2v) is 4.40. The lowest BCUT2D eigenvalue weighted by Gasteiger charge is -2.15. The average Bonchev–Trinajstić information content (AvgIpc) is 3.12. The molecule has 1 aromatic heterocycles. The number of aromatic nitrogens is 2. The fraction of sp³-hybridized carbons (Fsp3) is 0.214. The van der Waals surface area contributed by atoms with Crippen LogP contribution in [0.1, 0.15) is 18.0 Å². The molecule has 1 aromatic carbocycles. The van der Waals surface area contributed by atoms with E-state index in [4.69, 9.17) is 10.6 Å². The molecule has 2 heterocycles. The number of rotatable bonds is 4. The Morgan fingerprint density at radius 3 is 2.84 bits per heavy atom. The van der Waals surface area contributed by atoms with Crippen molar-refractivity contribution in [3.05, 3.63) is 60.1 Å². The van der Waals surface area contributed by atoms with Crippen molar-refractivity contribution in [3.8, 4) is 5.69 Å².